The van der Waals surface area contributed by atoms with E-state index in [1.54, 1.807) is 16.2 Å². The number of rotatable bonds is 3. The molecule has 0 aliphatic carbocycles. The van der Waals surface area contributed by atoms with E-state index in [2.05, 4.69) is 0 Å². The topological polar surface area (TPSA) is 57.6 Å². The summed E-state index contributed by atoms with van der Waals surface area (Å²) in [7, 11) is 0. The molecule has 1 atom stereocenters. The first-order chi connectivity index (χ1) is 8.16. The molecule has 5 heteroatoms. The molecule has 1 aliphatic rings. The Hall–Kier alpha value is -1.36. The Morgan fingerprint density at radius 2 is 2.35 bits per heavy atom. The number of hydrogen-bond donors (Lipinski definition) is 1. The highest BCUT2D eigenvalue weighted by Gasteiger charge is 2.27. The minimum Gasteiger partial charge on any atom is -0.481 e. The average Bonchev–Trinajstić information content (AvgIpc) is 2.82. The highest BCUT2D eigenvalue weighted by Crippen LogP contribution is 2.18. The van der Waals surface area contributed by atoms with Gasteiger partial charge in [0.25, 0.3) is 0 Å². The molecule has 2 heterocycles. The Balaban J connectivity index is 1.93. The van der Waals surface area contributed by atoms with Crippen LogP contribution in [0.3, 0.4) is 0 Å². The van der Waals surface area contributed by atoms with Crippen LogP contribution in [0.4, 0.5) is 0 Å². The van der Waals surface area contributed by atoms with E-state index in [-0.39, 0.29) is 5.91 Å². The zero-order valence-electron chi connectivity index (χ0n) is 9.46. The fraction of sp³-hybridized carbons (Fsp3) is 0.500. The summed E-state index contributed by atoms with van der Waals surface area (Å²) < 4.78 is 0. The van der Waals surface area contributed by atoms with Crippen molar-refractivity contribution in [1.29, 1.82) is 0 Å². The van der Waals surface area contributed by atoms with Crippen molar-refractivity contribution < 1.29 is 14.7 Å². The molecule has 1 aromatic heterocycles. The standard InChI is InChI=1S/C12H15NO3S/c14-11(6-9-3-5-17-8-9)13-4-1-2-10(7-13)12(15)16/h3,5,8,10H,1-2,4,6-7H2,(H,15,16)/t10-/m1/s1. The Kier molecular flexibility index (Phi) is 3.78. The van der Waals surface area contributed by atoms with Gasteiger partial charge in [-0.25, -0.2) is 0 Å². The minimum absolute atomic E-state index is 0.0364. The van der Waals surface area contributed by atoms with E-state index in [0.717, 1.165) is 12.0 Å². The van der Waals surface area contributed by atoms with Crippen LogP contribution in [0, 0.1) is 5.92 Å². The monoisotopic (exact) mass is 253 g/mol. The zero-order valence-corrected chi connectivity index (χ0v) is 10.3. The van der Waals surface area contributed by atoms with Crippen LogP contribution in [0.5, 0.6) is 0 Å². The summed E-state index contributed by atoms with van der Waals surface area (Å²) in [5, 5.41) is 12.9. The molecule has 0 saturated carbocycles. The summed E-state index contributed by atoms with van der Waals surface area (Å²) in [6, 6.07) is 1.93. The van der Waals surface area contributed by atoms with Gasteiger partial charge in [0.05, 0.1) is 12.3 Å². The third kappa shape index (κ3) is 3.06. The van der Waals surface area contributed by atoms with E-state index in [4.69, 9.17) is 5.11 Å². The average molecular weight is 253 g/mol. The van der Waals surface area contributed by atoms with Gasteiger partial charge in [-0.15, -0.1) is 0 Å². The van der Waals surface area contributed by atoms with Crippen molar-refractivity contribution in [2.24, 2.45) is 5.92 Å². The fourth-order valence-electron chi connectivity index (χ4n) is 2.08. The van der Waals surface area contributed by atoms with Crippen LogP contribution in [0.2, 0.25) is 0 Å². The molecule has 1 aliphatic heterocycles. The Morgan fingerprint density at radius 3 is 3.00 bits per heavy atom. The Bertz CT molecular complexity index is 402. The number of carbonyl (C=O) groups excluding carboxylic acids is 1. The van der Waals surface area contributed by atoms with Gasteiger partial charge in [-0.3, -0.25) is 9.59 Å². The minimum atomic E-state index is -0.793. The van der Waals surface area contributed by atoms with Crippen molar-refractivity contribution in [1.82, 2.24) is 4.90 Å². The zero-order chi connectivity index (χ0) is 12.3. The lowest BCUT2D eigenvalue weighted by Gasteiger charge is -2.30. The molecule has 1 aromatic rings. The molecule has 0 bridgehead atoms. The van der Waals surface area contributed by atoms with Crippen LogP contribution < -0.4 is 0 Å². The molecule has 17 heavy (non-hydrogen) atoms. The number of thiophene rings is 1. The second-order valence-electron chi connectivity index (χ2n) is 4.33. The van der Waals surface area contributed by atoms with Gasteiger partial charge in [0, 0.05) is 13.1 Å². The number of carboxylic acid groups (broad SMARTS) is 1. The number of hydrogen-bond acceptors (Lipinski definition) is 3. The quantitative estimate of drug-likeness (QED) is 0.890. The predicted octanol–water partition coefficient (Wildman–Crippen LogP) is 1.61. The molecule has 0 aromatic carbocycles. The van der Waals surface area contributed by atoms with Crippen LogP contribution in [-0.4, -0.2) is 35.0 Å². The fourth-order valence-corrected chi connectivity index (χ4v) is 2.75. The van der Waals surface area contributed by atoms with Gasteiger partial charge in [-0.1, -0.05) is 0 Å². The second-order valence-corrected chi connectivity index (χ2v) is 5.11. The normalized spacial score (nSPS) is 20.2. The van der Waals surface area contributed by atoms with Crippen molar-refractivity contribution >= 4 is 23.2 Å². The molecule has 1 fully saturated rings. The third-order valence-corrected chi connectivity index (χ3v) is 3.79. The number of amides is 1. The van der Waals surface area contributed by atoms with Crippen molar-refractivity contribution in [3.05, 3.63) is 22.4 Å². The molecule has 1 N–H and O–H groups in total. The molecule has 92 valence electrons. The van der Waals surface area contributed by atoms with Crippen molar-refractivity contribution in [2.75, 3.05) is 13.1 Å². The molecule has 1 saturated heterocycles. The summed E-state index contributed by atoms with van der Waals surface area (Å²) in [4.78, 5) is 24.6. The van der Waals surface area contributed by atoms with Gasteiger partial charge < -0.3 is 10.0 Å². The van der Waals surface area contributed by atoms with Gasteiger partial charge in [0.15, 0.2) is 0 Å². The number of carbonyl (C=O) groups is 2. The van der Waals surface area contributed by atoms with Crippen LogP contribution in [0.1, 0.15) is 18.4 Å². The first-order valence-corrected chi connectivity index (χ1v) is 6.63. The second kappa shape index (κ2) is 5.31. The highest BCUT2D eigenvalue weighted by atomic mass is 32.1. The van der Waals surface area contributed by atoms with E-state index in [0.29, 0.717) is 25.9 Å². The van der Waals surface area contributed by atoms with Crippen molar-refractivity contribution in [3.8, 4) is 0 Å². The van der Waals surface area contributed by atoms with Gasteiger partial charge in [-0.05, 0) is 35.2 Å². The van der Waals surface area contributed by atoms with E-state index in [1.807, 2.05) is 16.8 Å². The maximum absolute atomic E-state index is 12.0. The van der Waals surface area contributed by atoms with E-state index in [9.17, 15) is 9.59 Å². The number of nitrogens with zero attached hydrogens (tertiary/aromatic N) is 1. The first-order valence-electron chi connectivity index (χ1n) is 5.68. The number of likely N-dealkylation sites (tertiary alicyclic amines) is 1. The lowest BCUT2D eigenvalue weighted by molar-refractivity contribution is -0.145. The SMILES string of the molecule is O=C(O)[C@@H]1CCCN(C(=O)Cc2ccsc2)C1. The molecular formula is C12H15NO3S. The Morgan fingerprint density at radius 1 is 1.53 bits per heavy atom. The Labute approximate surface area is 104 Å². The van der Waals surface area contributed by atoms with Gasteiger partial charge in [0.1, 0.15) is 0 Å². The summed E-state index contributed by atoms with van der Waals surface area (Å²) in [5.41, 5.74) is 1.01. The molecule has 0 unspecified atom stereocenters. The highest BCUT2D eigenvalue weighted by molar-refractivity contribution is 7.07. The first kappa shape index (κ1) is 12.1. The van der Waals surface area contributed by atoms with E-state index >= 15 is 0 Å². The van der Waals surface area contributed by atoms with Crippen LogP contribution in [0.25, 0.3) is 0 Å². The van der Waals surface area contributed by atoms with Crippen molar-refractivity contribution in [3.63, 3.8) is 0 Å². The van der Waals surface area contributed by atoms with Gasteiger partial charge in [0.2, 0.25) is 5.91 Å². The number of piperidine rings is 1. The maximum atomic E-state index is 12.0. The smallest absolute Gasteiger partial charge is 0.308 e. The molecule has 2 rings (SSSR count). The van der Waals surface area contributed by atoms with E-state index in [1.165, 1.54) is 0 Å². The van der Waals surface area contributed by atoms with Crippen LogP contribution >= 0.6 is 11.3 Å². The van der Waals surface area contributed by atoms with Gasteiger partial charge >= 0.3 is 5.97 Å². The predicted molar refractivity (Wildman–Crippen MR) is 65.0 cm³/mol. The maximum Gasteiger partial charge on any atom is 0.308 e. The van der Waals surface area contributed by atoms with Crippen molar-refractivity contribution in [2.45, 2.75) is 19.3 Å². The molecule has 0 spiro atoms. The molecule has 0 radical (unpaired) electrons. The summed E-state index contributed by atoms with van der Waals surface area (Å²) in [5.74, 6) is -1.15. The number of carboxylic acids is 1. The summed E-state index contributed by atoms with van der Waals surface area (Å²) in [6.07, 6.45) is 1.85. The molecule has 4 nitrogen and oxygen atoms in total. The molecule has 1 amide bonds. The van der Waals surface area contributed by atoms with Gasteiger partial charge in [-0.2, -0.15) is 11.3 Å². The largest absolute Gasteiger partial charge is 0.481 e. The number of aliphatic carboxylic acids is 1. The molecular weight excluding hydrogens is 238 g/mol. The lowest BCUT2D eigenvalue weighted by Crippen LogP contribution is -2.42. The summed E-state index contributed by atoms with van der Waals surface area (Å²) in [6.45, 7) is 1.05. The lowest BCUT2D eigenvalue weighted by atomic mass is 9.98. The summed E-state index contributed by atoms with van der Waals surface area (Å²) >= 11 is 1.57. The van der Waals surface area contributed by atoms with Crippen LogP contribution in [-0.2, 0) is 16.0 Å². The van der Waals surface area contributed by atoms with E-state index < -0.39 is 11.9 Å². The third-order valence-electron chi connectivity index (χ3n) is 3.06. The van der Waals surface area contributed by atoms with Crippen LogP contribution in [0.15, 0.2) is 16.8 Å².